The summed E-state index contributed by atoms with van der Waals surface area (Å²) in [5.41, 5.74) is 2.03. The Morgan fingerprint density at radius 1 is 1.19 bits per heavy atom. The molecule has 0 bridgehead atoms. The summed E-state index contributed by atoms with van der Waals surface area (Å²) in [6, 6.07) is 15.2. The third kappa shape index (κ3) is 4.95. The minimum atomic E-state index is -0.629. The van der Waals surface area contributed by atoms with Crippen LogP contribution in [-0.4, -0.2) is 34.1 Å². The van der Waals surface area contributed by atoms with E-state index in [1.54, 1.807) is 26.1 Å². The number of benzene rings is 2. The minimum Gasteiger partial charge on any atom is -0.481 e. The number of aryl methyl sites for hydroxylation is 1. The van der Waals surface area contributed by atoms with Gasteiger partial charge in [0, 0.05) is 17.1 Å². The first-order valence-corrected chi connectivity index (χ1v) is 9.28. The van der Waals surface area contributed by atoms with Gasteiger partial charge in [-0.3, -0.25) is 4.79 Å². The van der Waals surface area contributed by atoms with Crippen LogP contribution in [0.5, 0.6) is 5.75 Å². The molecule has 0 saturated carbocycles. The summed E-state index contributed by atoms with van der Waals surface area (Å²) < 4.78 is 11.9. The molecule has 3 aromatic rings. The van der Waals surface area contributed by atoms with Crippen molar-refractivity contribution in [1.29, 1.82) is 0 Å². The first-order chi connectivity index (χ1) is 12.9. The van der Waals surface area contributed by atoms with Crippen LogP contribution in [0, 0.1) is 6.92 Å². The van der Waals surface area contributed by atoms with Crippen LogP contribution in [0.2, 0.25) is 0 Å². The predicted molar refractivity (Wildman–Crippen MR) is 105 cm³/mol. The molecule has 7 heteroatoms. The van der Waals surface area contributed by atoms with Gasteiger partial charge in [0.2, 0.25) is 11.7 Å². The molecule has 27 heavy (non-hydrogen) atoms. The molecule has 0 fully saturated rings. The smallest absolute Gasteiger partial charge is 0.263 e. The summed E-state index contributed by atoms with van der Waals surface area (Å²) >= 11 is 3.37. The van der Waals surface area contributed by atoms with Crippen molar-refractivity contribution < 1.29 is 14.1 Å². The zero-order chi connectivity index (χ0) is 19.4. The Morgan fingerprint density at radius 2 is 1.85 bits per heavy atom. The summed E-state index contributed by atoms with van der Waals surface area (Å²) in [6.07, 6.45) is -0.629. The maximum Gasteiger partial charge on any atom is 0.263 e. The fourth-order valence-electron chi connectivity index (χ4n) is 2.50. The quantitative estimate of drug-likeness (QED) is 0.586. The highest BCUT2D eigenvalue weighted by Crippen LogP contribution is 2.19. The number of aromatic nitrogens is 2. The SMILES string of the molecule is Cc1ccc(-c2noc(CN(C)C(=O)C(C)Oc3ccc(Br)cc3)n2)cc1. The van der Waals surface area contributed by atoms with Crippen LogP contribution in [0.1, 0.15) is 18.4 Å². The van der Waals surface area contributed by atoms with Crippen LogP contribution < -0.4 is 4.74 Å². The molecule has 0 aliphatic rings. The lowest BCUT2D eigenvalue weighted by atomic mass is 10.1. The van der Waals surface area contributed by atoms with E-state index >= 15 is 0 Å². The summed E-state index contributed by atoms with van der Waals surface area (Å²) in [5.74, 6) is 1.34. The van der Waals surface area contributed by atoms with Gasteiger partial charge in [-0.25, -0.2) is 0 Å². The molecular formula is C20H20BrN3O3. The van der Waals surface area contributed by atoms with Gasteiger partial charge in [-0.2, -0.15) is 4.98 Å². The molecule has 0 N–H and O–H groups in total. The van der Waals surface area contributed by atoms with E-state index in [-0.39, 0.29) is 12.5 Å². The predicted octanol–water partition coefficient (Wildman–Crippen LogP) is 4.23. The first kappa shape index (κ1) is 19.1. The zero-order valence-electron chi connectivity index (χ0n) is 15.3. The van der Waals surface area contributed by atoms with E-state index in [2.05, 4.69) is 26.1 Å². The Bertz CT molecular complexity index is 907. The number of carbonyl (C=O) groups excluding carboxylic acids is 1. The van der Waals surface area contributed by atoms with E-state index in [1.807, 2.05) is 43.3 Å². The number of hydrogen-bond acceptors (Lipinski definition) is 5. The molecule has 0 aliphatic carbocycles. The molecule has 140 valence electrons. The number of nitrogens with zero attached hydrogens (tertiary/aromatic N) is 3. The molecule has 1 amide bonds. The van der Waals surface area contributed by atoms with Gasteiger partial charge in [-0.05, 0) is 38.1 Å². The summed E-state index contributed by atoms with van der Waals surface area (Å²) in [7, 11) is 1.68. The summed E-state index contributed by atoms with van der Waals surface area (Å²) in [6.45, 7) is 3.95. The highest BCUT2D eigenvalue weighted by Gasteiger charge is 2.21. The normalized spacial score (nSPS) is 11.9. The van der Waals surface area contributed by atoms with Crippen molar-refractivity contribution in [3.8, 4) is 17.1 Å². The maximum absolute atomic E-state index is 12.5. The second kappa shape index (κ2) is 8.35. The number of carbonyl (C=O) groups is 1. The Hall–Kier alpha value is -2.67. The third-order valence-electron chi connectivity index (χ3n) is 4.00. The van der Waals surface area contributed by atoms with Crippen molar-refractivity contribution in [2.75, 3.05) is 7.05 Å². The van der Waals surface area contributed by atoms with Crippen LogP contribution in [0.15, 0.2) is 57.5 Å². The monoisotopic (exact) mass is 429 g/mol. The molecule has 3 rings (SSSR count). The highest BCUT2D eigenvalue weighted by atomic mass is 79.9. The fraction of sp³-hybridized carbons (Fsp3) is 0.250. The Labute approximate surface area is 166 Å². The van der Waals surface area contributed by atoms with Gasteiger partial charge >= 0.3 is 0 Å². The van der Waals surface area contributed by atoms with Gasteiger partial charge in [0.15, 0.2) is 6.10 Å². The number of ether oxygens (including phenoxy) is 1. The third-order valence-corrected chi connectivity index (χ3v) is 4.53. The highest BCUT2D eigenvalue weighted by molar-refractivity contribution is 9.10. The van der Waals surface area contributed by atoms with E-state index in [9.17, 15) is 4.79 Å². The lowest BCUT2D eigenvalue weighted by Gasteiger charge is -2.20. The van der Waals surface area contributed by atoms with Crippen molar-refractivity contribution in [2.24, 2.45) is 0 Å². The molecule has 0 aliphatic heterocycles. The molecule has 1 unspecified atom stereocenters. The Kier molecular flexibility index (Phi) is 5.91. The molecular weight excluding hydrogens is 410 g/mol. The van der Waals surface area contributed by atoms with Gasteiger partial charge in [0.05, 0.1) is 6.54 Å². The van der Waals surface area contributed by atoms with Gasteiger partial charge < -0.3 is 14.2 Å². The van der Waals surface area contributed by atoms with Crippen molar-refractivity contribution >= 4 is 21.8 Å². The molecule has 0 spiro atoms. The van der Waals surface area contributed by atoms with E-state index in [4.69, 9.17) is 9.26 Å². The van der Waals surface area contributed by atoms with Gasteiger partial charge in [-0.15, -0.1) is 0 Å². The maximum atomic E-state index is 12.5. The van der Waals surface area contributed by atoms with E-state index < -0.39 is 6.10 Å². The molecule has 2 aromatic carbocycles. The number of rotatable bonds is 6. The van der Waals surface area contributed by atoms with Gasteiger partial charge in [0.25, 0.3) is 5.91 Å². The second-order valence-corrected chi connectivity index (χ2v) is 7.20. The van der Waals surface area contributed by atoms with Crippen molar-refractivity contribution in [1.82, 2.24) is 15.0 Å². The average molecular weight is 430 g/mol. The largest absolute Gasteiger partial charge is 0.481 e. The van der Waals surface area contributed by atoms with E-state index in [0.717, 1.165) is 15.6 Å². The van der Waals surface area contributed by atoms with E-state index in [1.165, 1.54) is 4.90 Å². The topological polar surface area (TPSA) is 68.5 Å². The van der Waals surface area contributed by atoms with Gasteiger partial charge in [0.1, 0.15) is 5.75 Å². The van der Waals surface area contributed by atoms with Crippen LogP contribution in [0.25, 0.3) is 11.4 Å². The summed E-state index contributed by atoms with van der Waals surface area (Å²) in [5, 5.41) is 3.99. The molecule has 0 radical (unpaired) electrons. The standard InChI is InChI=1S/C20H20BrN3O3/c1-13-4-6-15(7-5-13)19-22-18(27-23-19)12-24(3)20(25)14(2)26-17-10-8-16(21)9-11-17/h4-11,14H,12H2,1-3H3. The molecule has 0 saturated heterocycles. The zero-order valence-corrected chi connectivity index (χ0v) is 16.9. The van der Waals surface area contributed by atoms with Crippen molar-refractivity contribution in [2.45, 2.75) is 26.5 Å². The Morgan fingerprint density at radius 3 is 2.52 bits per heavy atom. The number of likely N-dealkylation sites (N-methyl/N-ethyl adjacent to an activating group) is 1. The molecule has 1 atom stereocenters. The van der Waals surface area contributed by atoms with Crippen molar-refractivity contribution in [3.05, 3.63) is 64.5 Å². The van der Waals surface area contributed by atoms with Crippen LogP contribution in [0.4, 0.5) is 0 Å². The average Bonchev–Trinajstić information content (AvgIpc) is 3.12. The van der Waals surface area contributed by atoms with Crippen LogP contribution in [-0.2, 0) is 11.3 Å². The number of halogens is 1. The number of hydrogen-bond donors (Lipinski definition) is 0. The summed E-state index contributed by atoms with van der Waals surface area (Å²) in [4.78, 5) is 18.4. The Balaban J connectivity index is 1.60. The fourth-order valence-corrected chi connectivity index (χ4v) is 2.76. The van der Waals surface area contributed by atoms with E-state index in [0.29, 0.717) is 17.5 Å². The second-order valence-electron chi connectivity index (χ2n) is 6.29. The lowest BCUT2D eigenvalue weighted by molar-refractivity contribution is -0.137. The molecule has 1 heterocycles. The van der Waals surface area contributed by atoms with Crippen molar-refractivity contribution in [3.63, 3.8) is 0 Å². The van der Waals surface area contributed by atoms with Crippen LogP contribution in [0.3, 0.4) is 0 Å². The first-order valence-electron chi connectivity index (χ1n) is 8.49. The van der Waals surface area contributed by atoms with Gasteiger partial charge in [-0.1, -0.05) is 50.9 Å². The molecule has 6 nitrogen and oxygen atoms in total. The molecule has 1 aromatic heterocycles. The minimum absolute atomic E-state index is 0.173. The number of amides is 1. The van der Waals surface area contributed by atoms with Crippen LogP contribution >= 0.6 is 15.9 Å². The lowest BCUT2D eigenvalue weighted by Crippen LogP contribution is -2.37.